The van der Waals surface area contributed by atoms with Crippen molar-refractivity contribution in [2.24, 2.45) is 0 Å². The van der Waals surface area contributed by atoms with E-state index in [1.165, 1.54) is 21.4 Å². The molecule has 0 spiro atoms. The lowest BCUT2D eigenvalue weighted by atomic mass is 10.1. The minimum absolute atomic E-state index is 0.0659. The van der Waals surface area contributed by atoms with Gasteiger partial charge in [0.1, 0.15) is 34.7 Å². The smallest absolute Gasteiger partial charge is 0.283 e. The van der Waals surface area contributed by atoms with Crippen molar-refractivity contribution in [2.45, 2.75) is 25.1 Å². The fourth-order valence-corrected chi connectivity index (χ4v) is 3.45. The Morgan fingerprint density at radius 1 is 1.33 bits per heavy atom. The number of anilines is 1. The third-order valence-electron chi connectivity index (χ3n) is 4.98. The lowest BCUT2D eigenvalue weighted by Crippen LogP contribution is -2.24. The molecule has 3 N–H and O–H groups in total. The fourth-order valence-electron chi connectivity index (χ4n) is 3.25. The van der Waals surface area contributed by atoms with E-state index < -0.39 is 23.0 Å². The van der Waals surface area contributed by atoms with Crippen molar-refractivity contribution >= 4 is 20.8 Å². The molecule has 0 aliphatic carbocycles. The molecule has 0 bridgehead atoms. The number of nitrogens with one attached hydrogen (secondary N) is 3. The molecule has 0 saturated heterocycles. The largest absolute Gasteiger partial charge is 0.497 e. The highest BCUT2D eigenvalue weighted by atomic mass is 31.0. The van der Waals surface area contributed by atoms with Gasteiger partial charge in [0, 0.05) is 18.0 Å². The molecule has 0 amide bonds. The van der Waals surface area contributed by atoms with Gasteiger partial charge in [-0.15, -0.1) is 0 Å². The minimum atomic E-state index is -3.03. The number of H-pyrrole nitrogens is 1. The van der Waals surface area contributed by atoms with Crippen molar-refractivity contribution in [3.05, 3.63) is 87.0 Å². The maximum Gasteiger partial charge on any atom is 0.283 e. The maximum atomic E-state index is 13.5. The van der Waals surface area contributed by atoms with Crippen LogP contribution in [0.25, 0.3) is 0 Å². The Hall–Kier alpha value is -3.63. The first-order chi connectivity index (χ1) is 15.6. The zero-order chi connectivity index (χ0) is 24.2. The van der Waals surface area contributed by atoms with E-state index >= 15 is 0 Å². The van der Waals surface area contributed by atoms with Crippen molar-refractivity contribution in [3.63, 3.8) is 0 Å². The van der Waals surface area contributed by atoms with Gasteiger partial charge in [-0.05, 0) is 30.2 Å². The van der Waals surface area contributed by atoms with Gasteiger partial charge in [-0.1, -0.05) is 45.6 Å². The topological polar surface area (TPSA) is 115 Å². The van der Waals surface area contributed by atoms with Crippen LogP contribution in [0.1, 0.15) is 41.0 Å². The highest BCUT2D eigenvalue weighted by molar-refractivity contribution is 7.17. The molecule has 10 heteroatoms. The van der Waals surface area contributed by atoms with E-state index in [1.54, 1.807) is 38.3 Å². The standard InChI is InChI=1S/C23H22F2N5O2P/c1-13(15-6-8-16(9-7-15)23(24,25)33)28-21-20(18(27)12-26)22(31)30-19(29-21)11-14-4-3-5-17(10-14)32-2/h3-10,13,27H,11,33H2,1-2H3,(H2,28,29,30,31). The number of methoxy groups -OCH3 is 1. The van der Waals surface area contributed by atoms with Gasteiger partial charge in [0.25, 0.3) is 11.2 Å². The molecule has 7 nitrogen and oxygen atoms in total. The van der Waals surface area contributed by atoms with Gasteiger partial charge < -0.3 is 15.0 Å². The Balaban J connectivity index is 1.95. The predicted octanol–water partition coefficient (Wildman–Crippen LogP) is 4.36. The van der Waals surface area contributed by atoms with Crippen LogP contribution in [0.4, 0.5) is 14.6 Å². The van der Waals surface area contributed by atoms with Gasteiger partial charge >= 0.3 is 0 Å². The van der Waals surface area contributed by atoms with Crippen LogP contribution in [-0.4, -0.2) is 22.8 Å². The number of halogens is 2. The molecule has 3 rings (SSSR count). The minimum Gasteiger partial charge on any atom is -0.497 e. The number of nitriles is 1. The van der Waals surface area contributed by atoms with Crippen molar-refractivity contribution < 1.29 is 13.5 Å². The zero-order valence-corrected chi connectivity index (χ0v) is 19.1. The second kappa shape index (κ2) is 9.88. The zero-order valence-electron chi connectivity index (χ0n) is 17.9. The summed E-state index contributed by atoms with van der Waals surface area (Å²) in [7, 11) is 3.05. The molecule has 33 heavy (non-hydrogen) atoms. The van der Waals surface area contributed by atoms with Gasteiger partial charge in [-0.3, -0.25) is 10.2 Å². The Kier molecular flexibility index (Phi) is 7.19. The Morgan fingerprint density at radius 2 is 2.03 bits per heavy atom. The summed E-state index contributed by atoms with van der Waals surface area (Å²) in [6.45, 7) is 1.76. The summed E-state index contributed by atoms with van der Waals surface area (Å²) in [6, 6.07) is 14.2. The first-order valence-corrected chi connectivity index (χ1v) is 10.5. The van der Waals surface area contributed by atoms with E-state index in [1.807, 2.05) is 18.2 Å². The summed E-state index contributed by atoms with van der Waals surface area (Å²) in [4.78, 5) is 19.8. The molecule has 0 aliphatic rings. The van der Waals surface area contributed by atoms with Crippen LogP contribution < -0.4 is 15.6 Å². The third-order valence-corrected chi connectivity index (χ3v) is 5.32. The number of ether oxygens (including phenoxy) is 1. The molecule has 1 aromatic heterocycles. The highest BCUT2D eigenvalue weighted by Gasteiger charge is 2.24. The molecule has 3 aromatic rings. The van der Waals surface area contributed by atoms with Crippen LogP contribution in [0.2, 0.25) is 0 Å². The van der Waals surface area contributed by atoms with Gasteiger partial charge in [0.05, 0.1) is 7.11 Å². The Labute approximate surface area is 191 Å². The van der Waals surface area contributed by atoms with E-state index in [-0.39, 0.29) is 23.4 Å². The van der Waals surface area contributed by atoms with Crippen molar-refractivity contribution in [1.29, 1.82) is 10.7 Å². The van der Waals surface area contributed by atoms with Crippen LogP contribution >= 0.6 is 9.24 Å². The molecule has 1 heterocycles. The molecule has 0 saturated carbocycles. The summed E-state index contributed by atoms with van der Waals surface area (Å²) in [5.74, 6) is 1.05. The lowest BCUT2D eigenvalue weighted by Gasteiger charge is -2.18. The normalized spacial score (nSPS) is 12.0. The summed E-state index contributed by atoms with van der Waals surface area (Å²) in [5.41, 5.74) is -3.02. The van der Waals surface area contributed by atoms with Crippen molar-refractivity contribution in [1.82, 2.24) is 9.97 Å². The summed E-state index contributed by atoms with van der Waals surface area (Å²) < 4.78 is 32.2. The lowest BCUT2D eigenvalue weighted by molar-refractivity contribution is 0.104. The van der Waals surface area contributed by atoms with Gasteiger partial charge in [-0.2, -0.15) is 14.0 Å². The average molecular weight is 469 g/mol. The van der Waals surface area contributed by atoms with Crippen LogP contribution in [0, 0.1) is 16.7 Å². The molecular weight excluding hydrogens is 447 g/mol. The van der Waals surface area contributed by atoms with Crippen LogP contribution in [0.5, 0.6) is 5.75 Å². The number of aromatic amines is 1. The van der Waals surface area contributed by atoms with Crippen LogP contribution in [-0.2, 0) is 12.1 Å². The van der Waals surface area contributed by atoms with E-state index in [0.29, 0.717) is 17.1 Å². The van der Waals surface area contributed by atoms with E-state index in [9.17, 15) is 18.8 Å². The molecule has 2 unspecified atom stereocenters. The number of hydrogen-bond acceptors (Lipinski definition) is 6. The highest BCUT2D eigenvalue weighted by Crippen LogP contribution is 2.35. The molecule has 0 aliphatic heterocycles. The van der Waals surface area contributed by atoms with E-state index in [0.717, 1.165) is 5.56 Å². The molecule has 2 aromatic carbocycles. The second-order valence-corrected chi connectivity index (χ2v) is 8.09. The number of aromatic nitrogens is 2. The monoisotopic (exact) mass is 469 g/mol. The second-order valence-electron chi connectivity index (χ2n) is 7.36. The predicted molar refractivity (Wildman–Crippen MR) is 125 cm³/mol. The maximum absolute atomic E-state index is 13.5. The van der Waals surface area contributed by atoms with E-state index in [4.69, 9.17) is 10.1 Å². The Bertz CT molecular complexity index is 1260. The molecule has 170 valence electrons. The third kappa shape index (κ3) is 5.79. The number of nitrogens with zero attached hydrogens (tertiary/aromatic N) is 2. The first-order valence-electron chi connectivity index (χ1n) is 9.91. The van der Waals surface area contributed by atoms with Crippen LogP contribution in [0.15, 0.2) is 53.3 Å². The van der Waals surface area contributed by atoms with Crippen molar-refractivity contribution in [2.75, 3.05) is 12.4 Å². The van der Waals surface area contributed by atoms with Gasteiger partial charge in [-0.25, -0.2) is 4.98 Å². The summed E-state index contributed by atoms with van der Waals surface area (Å²) >= 11 is 0. The van der Waals surface area contributed by atoms with Crippen LogP contribution in [0.3, 0.4) is 0 Å². The number of alkyl halides is 2. The SMILES string of the molecule is COc1cccc(Cc2nc(NC(C)c3ccc(C(F)(F)P)cc3)c(C(=N)C#N)c(=O)[nH]2)c1. The molecule has 0 fully saturated rings. The molecular formula is C23H22F2N5O2P. The number of rotatable bonds is 8. The summed E-state index contributed by atoms with van der Waals surface area (Å²) in [6.07, 6.45) is 0.285. The van der Waals surface area contributed by atoms with Gasteiger partial charge in [0.15, 0.2) is 0 Å². The number of benzene rings is 2. The quantitative estimate of drug-likeness (QED) is 0.335. The van der Waals surface area contributed by atoms with Gasteiger partial charge in [0.2, 0.25) is 0 Å². The first kappa shape index (κ1) is 24.0. The van der Waals surface area contributed by atoms with Crippen molar-refractivity contribution in [3.8, 4) is 11.8 Å². The number of hydrogen-bond donors (Lipinski definition) is 3. The molecule has 2 atom stereocenters. The fraction of sp³-hybridized carbons (Fsp3) is 0.217. The average Bonchev–Trinajstić information content (AvgIpc) is 2.78. The molecule has 0 radical (unpaired) electrons. The Morgan fingerprint density at radius 3 is 2.64 bits per heavy atom. The summed E-state index contributed by atoms with van der Waals surface area (Å²) in [5, 5.41) is 20.1. The van der Waals surface area contributed by atoms with E-state index in [2.05, 4.69) is 15.3 Å².